The molecule has 128 valence electrons. The Morgan fingerprint density at radius 1 is 1.12 bits per heavy atom. The number of nitrogens with zero attached hydrogens (tertiary/aromatic N) is 4. The van der Waals surface area contributed by atoms with Crippen molar-refractivity contribution >= 4 is 5.91 Å². The maximum atomic E-state index is 12.5. The van der Waals surface area contributed by atoms with Gasteiger partial charge in [-0.3, -0.25) is 4.79 Å². The predicted molar refractivity (Wildman–Crippen MR) is 89.9 cm³/mol. The molecular weight excluding hydrogens is 322 g/mol. The molecule has 0 saturated carbocycles. The molecule has 8 heteroatoms. The van der Waals surface area contributed by atoms with Crippen molar-refractivity contribution < 1.29 is 14.3 Å². The Kier molecular flexibility index (Phi) is 4.89. The number of para-hydroxylation sites is 1. The highest BCUT2D eigenvalue weighted by Gasteiger charge is 2.15. The number of tetrazole rings is 1. The first-order valence-electron chi connectivity index (χ1n) is 7.56. The second-order valence-electron chi connectivity index (χ2n) is 5.09. The van der Waals surface area contributed by atoms with Gasteiger partial charge >= 0.3 is 0 Å². The van der Waals surface area contributed by atoms with Crippen molar-refractivity contribution in [2.75, 3.05) is 14.2 Å². The Hall–Kier alpha value is -3.42. The van der Waals surface area contributed by atoms with Gasteiger partial charge in [0.25, 0.3) is 5.91 Å². The molecule has 1 N–H and O–H groups in total. The van der Waals surface area contributed by atoms with E-state index >= 15 is 0 Å². The van der Waals surface area contributed by atoms with Gasteiger partial charge in [-0.2, -0.15) is 4.68 Å². The van der Waals surface area contributed by atoms with Crippen LogP contribution in [0.1, 0.15) is 16.2 Å². The predicted octanol–water partition coefficient (Wildman–Crippen LogP) is 1.61. The lowest BCUT2D eigenvalue weighted by atomic mass is 10.1. The lowest BCUT2D eigenvalue weighted by Crippen LogP contribution is -2.25. The molecule has 0 fully saturated rings. The van der Waals surface area contributed by atoms with Gasteiger partial charge < -0.3 is 14.8 Å². The van der Waals surface area contributed by atoms with E-state index in [0.29, 0.717) is 22.9 Å². The number of carbonyl (C=O) groups excluding carboxylic acids is 1. The van der Waals surface area contributed by atoms with Crippen LogP contribution in [-0.2, 0) is 6.54 Å². The Morgan fingerprint density at radius 2 is 1.92 bits per heavy atom. The number of ether oxygens (including phenoxy) is 2. The van der Waals surface area contributed by atoms with Gasteiger partial charge in [0, 0.05) is 6.07 Å². The Labute approximate surface area is 144 Å². The molecule has 0 unspecified atom stereocenters. The van der Waals surface area contributed by atoms with Crippen LogP contribution in [0.25, 0.3) is 5.69 Å². The molecule has 3 aromatic rings. The fourth-order valence-electron chi connectivity index (χ4n) is 2.33. The molecular formula is C17H17N5O3. The minimum Gasteiger partial charge on any atom is -0.497 e. The van der Waals surface area contributed by atoms with Gasteiger partial charge in [0.05, 0.1) is 32.0 Å². The number of carbonyl (C=O) groups is 1. The van der Waals surface area contributed by atoms with Crippen LogP contribution >= 0.6 is 0 Å². The Bertz CT molecular complexity index is 864. The topological polar surface area (TPSA) is 91.2 Å². The van der Waals surface area contributed by atoms with Gasteiger partial charge in [-0.1, -0.05) is 18.2 Å². The summed E-state index contributed by atoms with van der Waals surface area (Å²) in [7, 11) is 3.05. The lowest BCUT2D eigenvalue weighted by molar-refractivity contribution is 0.0946. The standard InChI is InChI=1S/C17H17N5O3/c1-24-13-8-9-14(15(10-13)25-2)17(23)18-11-16-19-20-21-22(16)12-6-4-3-5-7-12/h3-10H,11H2,1-2H3,(H,18,23). The first-order valence-corrected chi connectivity index (χ1v) is 7.56. The minimum atomic E-state index is -0.290. The summed E-state index contributed by atoms with van der Waals surface area (Å²) in [6.45, 7) is 0.176. The molecule has 8 nitrogen and oxygen atoms in total. The highest BCUT2D eigenvalue weighted by molar-refractivity contribution is 5.97. The molecule has 0 aliphatic rings. The number of benzene rings is 2. The molecule has 25 heavy (non-hydrogen) atoms. The number of nitrogens with one attached hydrogen (secondary N) is 1. The van der Waals surface area contributed by atoms with Crippen molar-refractivity contribution in [3.63, 3.8) is 0 Å². The van der Waals surface area contributed by atoms with Crippen molar-refractivity contribution in [2.24, 2.45) is 0 Å². The summed E-state index contributed by atoms with van der Waals surface area (Å²) in [5, 5.41) is 14.4. The molecule has 0 spiro atoms. The van der Waals surface area contributed by atoms with Gasteiger partial charge in [-0.05, 0) is 34.7 Å². The summed E-state index contributed by atoms with van der Waals surface area (Å²) in [5.41, 5.74) is 1.22. The average molecular weight is 339 g/mol. The number of aromatic nitrogens is 4. The quantitative estimate of drug-likeness (QED) is 0.734. The molecule has 2 aromatic carbocycles. The van der Waals surface area contributed by atoms with Crippen molar-refractivity contribution in [3.05, 3.63) is 59.9 Å². The Balaban J connectivity index is 1.75. The summed E-state index contributed by atoms with van der Waals surface area (Å²) >= 11 is 0. The normalized spacial score (nSPS) is 10.3. The molecule has 0 aliphatic heterocycles. The van der Waals surface area contributed by atoms with Gasteiger partial charge in [-0.15, -0.1) is 5.10 Å². The third kappa shape index (κ3) is 3.57. The van der Waals surface area contributed by atoms with E-state index in [9.17, 15) is 4.79 Å². The third-order valence-electron chi connectivity index (χ3n) is 3.60. The summed E-state index contributed by atoms with van der Waals surface area (Å²) in [6, 6.07) is 14.5. The minimum absolute atomic E-state index is 0.176. The van der Waals surface area contributed by atoms with E-state index in [0.717, 1.165) is 5.69 Å². The third-order valence-corrected chi connectivity index (χ3v) is 3.60. The molecule has 0 saturated heterocycles. The first-order chi connectivity index (χ1) is 12.2. The van der Waals surface area contributed by atoms with Gasteiger partial charge in [-0.25, -0.2) is 0 Å². The van der Waals surface area contributed by atoms with Crippen LogP contribution in [-0.4, -0.2) is 40.3 Å². The highest BCUT2D eigenvalue weighted by Crippen LogP contribution is 2.24. The van der Waals surface area contributed by atoms with E-state index in [1.165, 1.54) is 7.11 Å². The molecule has 1 amide bonds. The lowest BCUT2D eigenvalue weighted by Gasteiger charge is -2.11. The van der Waals surface area contributed by atoms with E-state index in [4.69, 9.17) is 9.47 Å². The fourth-order valence-corrected chi connectivity index (χ4v) is 2.33. The van der Waals surface area contributed by atoms with E-state index in [2.05, 4.69) is 20.8 Å². The second kappa shape index (κ2) is 7.43. The van der Waals surface area contributed by atoms with E-state index in [-0.39, 0.29) is 12.5 Å². The van der Waals surface area contributed by atoms with E-state index in [1.807, 2.05) is 30.3 Å². The summed E-state index contributed by atoms with van der Waals surface area (Å²) in [4.78, 5) is 12.5. The molecule has 3 rings (SSSR count). The largest absolute Gasteiger partial charge is 0.497 e. The molecule has 0 bridgehead atoms. The van der Waals surface area contributed by atoms with Gasteiger partial charge in [0.2, 0.25) is 0 Å². The zero-order chi connectivity index (χ0) is 17.6. The highest BCUT2D eigenvalue weighted by atomic mass is 16.5. The molecule has 0 aliphatic carbocycles. The fraction of sp³-hybridized carbons (Fsp3) is 0.176. The van der Waals surface area contributed by atoms with Crippen molar-refractivity contribution in [3.8, 4) is 17.2 Å². The van der Waals surface area contributed by atoms with E-state index in [1.54, 1.807) is 30.0 Å². The average Bonchev–Trinajstić information content (AvgIpc) is 3.14. The van der Waals surface area contributed by atoms with Gasteiger partial charge in [0.15, 0.2) is 5.82 Å². The molecule has 0 atom stereocenters. The van der Waals surface area contributed by atoms with Crippen LogP contribution in [0.15, 0.2) is 48.5 Å². The maximum absolute atomic E-state index is 12.5. The van der Waals surface area contributed by atoms with Crippen LogP contribution < -0.4 is 14.8 Å². The zero-order valence-electron chi connectivity index (χ0n) is 13.8. The molecule has 1 aromatic heterocycles. The summed E-state index contributed by atoms with van der Waals surface area (Å²) in [5.74, 6) is 1.27. The number of amides is 1. The summed E-state index contributed by atoms with van der Waals surface area (Å²) < 4.78 is 12.0. The Morgan fingerprint density at radius 3 is 2.64 bits per heavy atom. The van der Waals surface area contributed by atoms with Crippen molar-refractivity contribution in [2.45, 2.75) is 6.54 Å². The maximum Gasteiger partial charge on any atom is 0.255 e. The van der Waals surface area contributed by atoms with Crippen LogP contribution in [0.2, 0.25) is 0 Å². The summed E-state index contributed by atoms with van der Waals surface area (Å²) in [6.07, 6.45) is 0. The molecule has 0 radical (unpaired) electrons. The van der Waals surface area contributed by atoms with Crippen LogP contribution in [0.3, 0.4) is 0 Å². The van der Waals surface area contributed by atoms with Crippen molar-refractivity contribution in [1.29, 1.82) is 0 Å². The smallest absolute Gasteiger partial charge is 0.255 e. The monoisotopic (exact) mass is 339 g/mol. The second-order valence-corrected chi connectivity index (χ2v) is 5.09. The van der Waals surface area contributed by atoms with Crippen LogP contribution in [0.5, 0.6) is 11.5 Å². The van der Waals surface area contributed by atoms with E-state index < -0.39 is 0 Å². The van der Waals surface area contributed by atoms with Crippen LogP contribution in [0.4, 0.5) is 0 Å². The first kappa shape index (κ1) is 16.4. The molecule has 1 heterocycles. The van der Waals surface area contributed by atoms with Crippen LogP contribution in [0, 0.1) is 0 Å². The van der Waals surface area contributed by atoms with Gasteiger partial charge in [0.1, 0.15) is 11.5 Å². The number of methoxy groups -OCH3 is 2. The number of rotatable bonds is 6. The van der Waals surface area contributed by atoms with Crippen molar-refractivity contribution in [1.82, 2.24) is 25.5 Å². The zero-order valence-corrected chi connectivity index (χ0v) is 13.8. The number of hydrogen-bond donors (Lipinski definition) is 1. The SMILES string of the molecule is COc1ccc(C(=O)NCc2nnnn2-c2ccccc2)c(OC)c1. The number of hydrogen-bond acceptors (Lipinski definition) is 6.